The van der Waals surface area contributed by atoms with E-state index in [0.717, 1.165) is 30.2 Å². The van der Waals surface area contributed by atoms with Crippen LogP contribution in [0, 0.1) is 0 Å². The molecule has 5 heteroatoms. The van der Waals surface area contributed by atoms with Crippen molar-refractivity contribution in [2.24, 2.45) is 5.73 Å². The van der Waals surface area contributed by atoms with Gasteiger partial charge in [0.2, 0.25) is 0 Å². The molecular formula is C14H16BrClN2O. The Labute approximate surface area is 126 Å². The van der Waals surface area contributed by atoms with Gasteiger partial charge in [-0.3, -0.25) is 4.79 Å². The molecular weight excluding hydrogens is 328 g/mol. The van der Waals surface area contributed by atoms with Gasteiger partial charge in [0.05, 0.1) is 5.56 Å². The normalized spacial score (nSPS) is 29.6. The number of hydrogen-bond donors (Lipinski definition) is 1. The van der Waals surface area contributed by atoms with Crippen LogP contribution in [0.3, 0.4) is 0 Å². The molecule has 3 nitrogen and oxygen atoms in total. The number of rotatable bonds is 1. The predicted molar refractivity (Wildman–Crippen MR) is 79.3 cm³/mol. The van der Waals surface area contributed by atoms with Gasteiger partial charge in [0, 0.05) is 27.6 Å². The first-order chi connectivity index (χ1) is 9.06. The summed E-state index contributed by atoms with van der Waals surface area (Å²) in [6, 6.07) is 6.18. The summed E-state index contributed by atoms with van der Waals surface area (Å²) >= 11 is 9.44. The molecule has 2 atom stereocenters. The van der Waals surface area contributed by atoms with Gasteiger partial charge in [-0.05, 0) is 59.8 Å². The molecule has 0 saturated carbocycles. The van der Waals surface area contributed by atoms with Gasteiger partial charge in [-0.25, -0.2) is 0 Å². The lowest BCUT2D eigenvalue weighted by atomic mass is 9.97. The van der Waals surface area contributed by atoms with Crippen molar-refractivity contribution in [1.29, 1.82) is 0 Å². The molecule has 2 fully saturated rings. The lowest BCUT2D eigenvalue weighted by molar-refractivity contribution is 0.0574. The largest absolute Gasteiger partial charge is 0.333 e. The van der Waals surface area contributed by atoms with Gasteiger partial charge in [0.15, 0.2) is 0 Å². The minimum Gasteiger partial charge on any atom is -0.333 e. The van der Waals surface area contributed by atoms with E-state index in [0.29, 0.717) is 22.7 Å². The Morgan fingerprint density at radius 1 is 1.32 bits per heavy atom. The number of amides is 1. The van der Waals surface area contributed by atoms with Crippen molar-refractivity contribution in [3.8, 4) is 0 Å². The summed E-state index contributed by atoms with van der Waals surface area (Å²) in [6.45, 7) is 0. The maximum Gasteiger partial charge on any atom is 0.255 e. The molecule has 0 aromatic heterocycles. The third kappa shape index (κ3) is 2.41. The monoisotopic (exact) mass is 342 g/mol. The van der Waals surface area contributed by atoms with Crippen molar-refractivity contribution < 1.29 is 4.79 Å². The zero-order chi connectivity index (χ0) is 13.6. The Balaban J connectivity index is 1.90. The number of benzene rings is 1. The fourth-order valence-electron chi connectivity index (χ4n) is 3.35. The molecule has 2 aliphatic heterocycles. The van der Waals surface area contributed by atoms with E-state index >= 15 is 0 Å². The third-order valence-electron chi connectivity index (χ3n) is 4.16. The van der Waals surface area contributed by atoms with Crippen molar-refractivity contribution in [3.63, 3.8) is 0 Å². The topological polar surface area (TPSA) is 46.3 Å². The summed E-state index contributed by atoms with van der Waals surface area (Å²) < 4.78 is 0.802. The van der Waals surface area contributed by atoms with E-state index in [2.05, 4.69) is 15.9 Å². The lowest BCUT2D eigenvalue weighted by Gasteiger charge is -2.38. The van der Waals surface area contributed by atoms with E-state index in [1.807, 2.05) is 11.0 Å². The Morgan fingerprint density at radius 3 is 2.58 bits per heavy atom. The Hall–Kier alpha value is -0.580. The maximum absolute atomic E-state index is 12.7. The summed E-state index contributed by atoms with van der Waals surface area (Å²) in [6.07, 6.45) is 3.98. The first-order valence-electron chi connectivity index (χ1n) is 6.59. The minimum absolute atomic E-state index is 0.0776. The van der Waals surface area contributed by atoms with Crippen LogP contribution in [0.1, 0.15) is 36.0 Å². The Bertz CT molecular complexity index is 508. The number of halogens is 2. The molecule has 2 unspecified atom stereocenters. The molecule has 1 aromatic rings. The summed E-state index contributed by atoms with van der Waals surface area (Å²) in [4.78, 5) is 14.8. The lowest BCUT2D eigenvalue weighted by Crippen LogP contribution is -2.50. The molecule has 0 radical (unpaired) electrons. The van der Waals surface area contributed by atoms with Crippen molar-refractivity contribution in [3.05, 3.63) is 33.3 Å². The number of hydrogen-bond acceptors (Lipinski definition) is 2. The van der Waals surface area contributed by atoms with Gasteiger partial charge < -0.3 is 10.6 Å². The second-order valence-electron chi connectivity index (χ2n) is 5.45. The van der Waals surface area contributed by atoms with Gasteiger partial charge >= 0.3 is 0 Å². The first kappa shape index (κ1) is 13.4. The molecule has 1 aromatic carbocycles. The fourth-order valence-corrected chi connectivity index (χ4v) is 3.94. The van der Waals surface area contributed by atoms with E-state index in [4.69, 9.17) is 17.3 Å². The van der Waals surface area contributed by atoms with E-state index in [9.17, 15) is 4.79 Å². The van der Waals surface area contributed by atoms with E-state index in [1.54, 1.807) is 12.1 Å². The van der Waals surface area contributed by atoms with Crippen LogP contribution >= 0.6 is 27.5 Å². The highest BCUT2D eigenvalue weighted by Crippen LogP contribution is 2.37. The average Bonchev–Trinajstić information content (AvgIpc) is 2.64. The van der Waals surface area contributed by atoms with Crippen LogP contribution in [0.5, 0.6) is 0 Å². The van der Waals surface area contributed by atoms with Crippen LogP contribution in [0.25, 0.3) is 0 Å². The highest BCUT2D eigenvalue weighted by atomic mass is 79.9. The first-order valence-corrected chi connectivity index (χ1v) is 7.76. The van der Waals surface area contributed by atoms with Gasteiger partial charge in [0.1, 0.15) is 0 Å². The highest BCUT2D eigenvalue weighted by Gasteiger charge is 2.42. The molecule has 2 bridgehead atoms. The molecule has 2 heterocycles. The van der Waals surface area contributed by atoms with E-state index < -0.39 is 0 Å². The quantitative estimate of drug-likeness (QED) is 0.851. The molecule has 1 amide bonds. The number of fused-ring (bicyclic) bond motifs is 2. The molecule has 2 N–H and O–H groups in total. The molecule has 0 aliphatic carbocycles. The van der Waals surface area contributed by atoms with Gasteiger partial charge in [0.25, 0.3) is 5.91 Å². The number of nitrogens with two attached hydrogens (primary N) is 1. The highest BCUT2D eigenvalue weighted by molar-refractivity contribution is 9.10. The Kier molecular flexibility index (Phi) is 3.58. The summed E-state index contributed by atoms with van der Waals surface area (Å²) in [5.74, 6) is 0.0776. The number of piperidine rings is 1. The zero-order valence-corrected chi connectivity index (χ0v) is 12.8. The van der Waals surface area contributed by atoms with Gasteiger partial charge in [-0.2, -0.15) is 0 Å². The van der Waals surface area contributed by atoms with E-state index in [-0.39, 0.29) is 11.9 Å². The van der Waals surface area contributed by atoms with Gasteiger partial charge in [-0.15, -0.1) is 0 Å². The van der Waals surface area contributed by atoms with Crippen LogP contribution in [0.2, 0.25) is 5.02 Å². The minimum atomic E-state index is 0.0776. The van der Waals surface area contributed by atoms with Crippen LogP contribution in [-0.2, 0) is 0 Å². The summed E-state index contributed by atoms with van der Waals surface area (Å²) in [5.41, 5.74) is 6.69. The zero-order valence-electron chi connectivity index (χ0n) is 10.5. The fraction of sp³-hybridized carbons (Fsp3) is 0.500. The van der Waals surface area contributed by atoms with Crippen LogP contribution in [0.4, 0.5) is 0 Å². The summed E-state index contributed by atoms with van der Waals surface area (Å²) in [7, 11) is 0. The number of carbonyl (C=O) groups excluding carboxylic acids is 1. The predicted octanol–water partition coefficient (Wildman–Crippen LogP) is 3.20. The van der Waals surface area contributed by atoms with Crippen molar-refractivity contribution in [2.75, 3.05) is 0 Å². The standard InChI is InChI=1S/C14H16BrClN2O/c15-13-4-1-8(16)5-12(13)14(19)18-10-2-3-11(18)7-9(17)6-10/h1,4-5,9-11H,2-3,6-7,17H2. The number of carbonyl (C=O) groups is 1. The molecule has 19 heavy (non-hydrogen) atoms. The molecule has 0 spiro atoms. The maximum atomic E-state index is 12.7. The van der Waals surface area contributed by atoms with E-state index in [1.165, 1.54) is 0 Å². The Morgan fingerprint density at radius 2 is 1.95 bits per heavy atom. The van der Waals surface area contributed by atoms with Crippen molar-refractivity contribution in [1.82, 2.24) is 4.90 Å². The molecule has 2 saturated heterocycles. The third-order valence-corrected chi connectivity index (χ3v) is 5.09. The second kappa shape index (κ2) is 5.08. The smallest absolute Gasteiger partial charge is 0.255 e. The second-order valence-corrected chi connectivity index (χ2v) is 6.74. The summed E-state index contributed by atoms with van der Waals surface area (Å²) in [5, 5.41) is 0.590. The SMILES string of the molecule is NC1CC2CCC(C1)N2C(=O)c1cc(Cl)ccc1Br. The average molecular weight is 344 g/mol. The number of nitrogens with zero attached hydrogens (tertiary/aromatic N) is 1. The molecule has 102 valence electrons. The van der Waals surface area contributed by atoms with Crippen LogP contribution in [-0.4, -0.2) is 28.9 Å². The van der Waals surface area contributed by atoms with Crippen molar-refractivity contribution >= 4 is 33.4 Å². The van der Waals surface area contributed by atoms with Crippen molar-refractivity contribution in [2.45, 2.75) is 43.8 Å². The van der Waals surface area contributed by atoms with Crippen LogP contribution in [0.15, 0.2) is 22.7 Å². The molecule has 3 rings (SSSR count). The van der Waals surface area contributed by atoms with Crippen LogP contribution < -0.4 is 5.73 Å². The molecule has 2 aliphatic rings. The van der Waals surface area contributed by atoms with Gasteiger partial charge in [-0.1, -0.05) is 11.6 Å².